The third-order valence-corrected chi connectivity index (χ3v) is 4.89. The molecule has 0 saturated heterocycles. The Labute approximate surface area is 146 Å². The number of fused-ring (bicyclic) bond motifs is 1. The van der Waals surface area contributed by atoms with Crippen LogP contribution in [0.4, 0.5) is 0 Å². The van der Waals surface area contributed by atoms with Gasteiger partial charge in [0, 0.05) is 22.6 Å². The Bertz CT molecular complexity index is 910. The molecule has 0 amide bonds. The fourth-order valence-corrected chi connectivity index (χ4v) is 3.57. The van der Waals surface area contributed by atoms with Crippen LogP contribution in [0.2, 0.25) is 0 Å². The van der Waals surface area contributed by atoms with Gasteiger partial charge in [0.25, 0.3) is 0 Å². The van der Waals surface area contributed by atoms with Gasteiger partial charge in [-0.3, -0.25) is 3.97 Å². The van der Waals surface area contributed by atoms with Crippen LogP contribution in [0.5, 0.6) is 0 Å². The minimum absolute atomic E-state index is 0.332. The second-order valence-electron chi connectivity index (χ2n) is 5.62. The topological polar surface area (TPSA) is 31.2 Å². The fourth-order valence-electron chi connectivity index (χ4n) is 2.59. The summed E-state index contributed by atoms with van der Waals surface area (Å²) < 4.78 is 6.88. The van der Waals surface area contributed by atoms with Crippen LogP contribution < -0.4 is 0 Å². The molecule has 0 saturated carbocycles. The lowest BCUT2D eigenvalue weighted by Crippen LogP contribution is -1.95. The van der Waals surface area contributed by atoms with Crippen LogP contribution in [0.15, 0.2) is 65.7 Å². The highest BCUT2D eigenvalue weighted by atomic mass is 32.2. The zero-order valence-electron chi connectivity index (χ0n) is 13.9. The van der Waals surface area contributed by atoms with Gasteiger partial charge in [0.05, 0.1) is 12.6 Å². The zero-order chi connectivity index (χ0) is 17.1. The van der Waals surface area contributed by atoms with Gasteiger partial charge in [-0.05, 0) is 66.8 Å². The number of rotatable bonds is 4. The molecule has 24 heavy (non-hydrogen) atoms. The van der Waals surface area contributed by atoms with E-state index in [1.54, 1.807) is 11.9 Å². The molecule has 2 aromatic carbocycles. The summed E-state index contributed by atoms with van der Waals surface area (Å²) in [5.74, 6) is -0.332. The normalized spacial score (nSPS) is 11.7. The molecule has 0 spiro atoms. The van der Waals surface area contributed by atoms with Crippen molar-refractivity contribution in [3.05, 3.63) is 71.9 Å². The fraction of sp³-hybridized carbons (Fsp3) is 0.150. The Morgan fingerprint density at radius 1 is 1.17 bits per heavy atom. The highest BCUT2D eigenvalue weighted by Crippen LogP contribution is 2.31. The van der Waals surface area contributed by atoms with E-state index in [1.165, 1.54) is 29.0 Å². The molecule has 3 rings (SSSR count). The second kappa shape index (κ2) is 6.97. The van der Waals surface area contributed by atoms with Crippen molar-refractivity contribution in [2.24, 2.45) is 0 Å². The summed E-state index contributed by atoms with van der Waals surface area (Å²) >= 11 is 1.69. The van der Waals surface area contributed by atoms with Gasteiger partial charge in [0.1, 0.15) is 0 Å². The maximum atomic E-state index is 11.4. The van der Waals surface area contributed by atoms with Crippen LogP contribution in [0, 0.1) is 6.92 Å². The summed E-state index contributed by atoms with van der Waals surface area (Å²) in [7, 11) is 1.39. The first-order valence-electron chi connectivity index (χ1n) is 7.70. The summed E-state index contributed by atoms with van der Waals surface area (Å²) in [5, 5.41) is 1.19. The number of carbonyl (C=O) groups is 1. The second-order valence-corrected chi connectivity index (χ2v) is 6.67. The lowest BCUT2D eigenvalue weighted by Gasteiger charge is -2.06. The monoisotopic (exact) mass is 337 g/mol. The minimum atomic E-state index is -0.332. The van der Waals surface area contributed by atoms with E-state index in [-0.39, 0.29) is 5.97 Å². The maximum absolute atomic E-state index is 11.4. The van der Waals surface area contributed by atoms with Crippen molar-refractivity contribution >= 4 is 34.4 Å². The molecule has 4 heteroatoms. The van der Waals surface area contributed by atoms with Crippen molar-refractivity contribution in [3.8, 4) is 0 Å². The molecule has 3 aromatic rings. The largest absolute Gasteiger partial charge is 0.466 e. The number of methoxy groups -OCH3 is 1. The van der Waals surface area contributed by atoms with Crippen molar-refractivity contribution in [1.82, 2.24) is 3.97 Å². The average Bonchev–Trinajstić information content (AvgIpc) is 2.91. The Kier molecular flexibility index (Phi) is 4.76. The number of esters is 1. The van der Waals surface area contributed by atoms with E-state index in [4.69, 9.17) is 4.74 Å². The molecule has 0 bridgehead atoms. The summed E-state index contributed by atoms with van der Waals surface area (Å²) in [6.07, 6.45) is 3.66. The molecule has 0 aliphatic carbocycles. The molecule has 0 aliphatic heterocycles. The number of aromatic nitrogens is 1. The Morgan fingerprint density at radius 2 is 1.92 bits per heavy atom. The van der Waals surface area contributed by atoms with E-state index >= 15 is 0 Å². The Balaban J connectivity index is 1.99. The van der Waals surface area contributed by atoms with Crippen LogP contribution in [0.25, 0.3) is 16.5 Å². The van der Waals surface area contributed by atoms with E-state index in [9.17, 15) is 4.79 Å². The van der Waals surface area contributed by atoms with Crippen LogP contribution in [0.3, 0.4) is 0 Å². The van der Waals surface area contributed by atoms with E-state index in [0.717, 1.165) is 16.7 Å². The third kappa shape index (κ3) is 3.39. The molecule has 122 valence electrons. The Hall–Kier alpha value is -2.46. The number of hydrogen-bond acceptors (Lipinski definition) is 3. The van der Waals surface area contributed by atoms with Gasteiger partial charge >= 0.3 is 5.97 Å². The van der Waals surface area contributed by atoms with E-state index in [2.05, 4.69) is 41.4 Å². The van der Waals surface area contributed by atoms with Gasteiger partial charge < -0.3 is 4.74 Å². The summed E-state index contributed by atoms with van der Waals surface area (Å²) in [5.41, 5.74) is 4.29. The summed E-state index contributed by atoms with van der Waals surface area (Å²) in [6.45, 7) is 4.02. The number of ether oxygens (including phenoxy) is 1. The van der Waals surface area contributed by atoms with Crippen molar-refractivity contribution in [2.75, 3.05) is 7.11 Å². The SMILES string of the molecule is COC(=O)/C=C(/C)c1ccc2c(c1)c(C)cn2Sc1ccccc1. The molecule has 0 unspecified atom stereocenters. The zero-order valence-corrected chi connectivity index (χ0v) is 14.8. The third-order valence-electron chi connectivity index (χ3n) is 3.91. The molecule has 0 radical (unpaired) electrons. The lowest BCUT2D eigenvalue weighted by atomic mass is 10.0. The van der Waals surface area contributed by atoms with Gasteiger partial charge in [-0.2, -0.15) is 0 Å². The predicted octanol–water partition coefficient (Wildman–Crippen LogP) is 5.08. The number of benzene rings is 2. The first kappa shape index (κ1) is 16.4. The van der Waals surface area contributed by atoms with Crippen LogP contribution in [0.1, 0.15) is 18.1 Å². The van der Waals surface area contributed by atoms with E-state index in [0.29, 0.717) is 0 Å². The van der Waals surface area contributed by atoms with Crippen molar-refractivity contribution in [1.29, 1.82) is 0 Å². The van der Waals surface area contributed by atoms with Crippen molar-refractivity contribution in [3.63, 3.8) is 0 Å². The van der Waals surface area contributed by atoms with E-state index < -0.39 is 0 Å². The number of hydrogen-bond donors (Lipinski definition) is 0. The van der Waals surface area contributed by atoms with Crippen molar-refractivity contribution in [2.45, 2.75) is 18.7 Å². The number of aryl methyl sites for hydroxylation is 1. The number of nitrogens with zero attached hydrogens (tertiary/aromatic N) is 1. The lowest BCUT2D eigenvalue weighted by molar-refractivity contribution is -0.134. The highest BCUT2D eigenvalue weighted by molar-refractivity contribution is 7.98. The molecular weight excluding hydrogens is 318 g/mol. The quantitative estimate of drug-likeness (QED) is 0.491. The van der Waals surface area contributed by atoms with Gasteiger partial charge in [0.15, 0.2) is 0 Å². The molecule has 0 fully saturated rings. The Morgan fingerprint density at radius 3 is 2.62 bits per heavy atom. The standard InChI is InChI=1S/C20H19NO2S/c1-14(11-20(22)23-3)16-9-10-19-18(12-16)15(2)13-21(19)24-17-7-5-4-6-8-17/h4-13H,1-3H3/b14-11-. The number of carbonyl (C=O) groups excluding carboxylic acids is 1. The summed E-state index contributed by atoms with van der Waals surface area (Å²) in [4.78, 5) is 12.6. The maximum Gasteiger partial charge on any atom is 0.330 e. The summed E-state index contributed by atoms with van der Waals surface area (Å²) in [6, 6.07) is 16.6. The molecule has 0 aliphatic rings. The molecule has 0 N–H and O–H groups in total. The average molecular weight is 337 g/mol. The van der Waals surface area contributed by atoms with Crippen LogP contribution in [-0.4, -0.2) is 17.1 Å². The minimum Gasteiger partial charge on any atom is -0.466 e. The van der Waals surface area contributed by atoms with Gasteiger partial charge in [-0.1, -0.05) is 24.3 Å². The number of allylic oxidation sites excluding steroid dienone is 1. The van der Waals surface area contributed by atoms with Gasteiger partial charge in [-0.15, -0.1) is 0 Å². The van der Waals surface area contributed by atoms with Crippen molar-refractivity contribution < 1.29 is 9.53 Å². The molecular formula is C20H19NO2S. The predicted molar refractivity (Wildman–Crippen MR) is 100 cm³/mol. The van der Waals surface area contributed by atoms with Gasteiger partial charge in [0.2, 0.25) is 0 Å². The molecule has 1 heterocycles. The van der Waals surface area contributed by atoms with Crippen LogP contribution in [-0.2, 0) is 9.53 Å². The van der Waals surface area contributed by atoms with Gasteiger partial charge in [-0.25, -0.2) is 4.79 Å². The molecule has 1 aromatic heterocycles. The van der Waals surface area contributed by atoms with E-state index in [1.807, 2.05) is 31.2 Å². The molecule has 3 nitrogen and oxygen atoms in total. The van der Waals surface area contributed by atoms with Crippen LogP contribution >= 0.6 is 11.9 Å². The highest BCUT2D eigenvalue weighted by Gasteiger charge is 2.09. The smallest absolute Gasteiger partial charge is 0.330 e. The molecule has 0 atom stereocenters. The first-order chi connectivity index (χ1) is 11.6. The first-order valence-corrected chi connectivity index (χ1v) is 8.47.